The van der Waals surface area contributed by atoms with E-state index in [1.54, 1.807) is 18.2 Å². The molecule has 1 rings (SSSR count). The summed E-state index contributed by atoms with van der Waals surface area (Å²) in [5.41, 5.74) is 5.86. The van der Waals surface area contributed by atoms with Crippen LogP contribution in [-0.4, -0.2) is 36.0 Å². The van der Waals surface area contributed by atoms with Gasteiger partial charge in [0.15, 0.2) is 0 Å². The summed E-state index contributed by atoms with van der Waals surface area (Å²) in [7, 11) is 0. The van der Waals surface area contributed by atoms with Crippen LogP contribution in [0.2, 0.25) is 0 Å². The Morgan fingerprint density at radius 3 is 2.53 bits per heavy atom. The lowest BCUT2D eigenvalue weighted by atomic mass is 10.1. The topological polar surface area (TPSA) is 122 Å². The second kappa shape index (κ2) is 6.74. The Balaban J connectivity index is 2.68. The maximum Gasteiger partial charge on any atom is 0.322 e. The van der Waals surface area contributed by atoms with Crippen molar-refractivity contribution in [1.82, 2.24) is 5.32 Å². The number of carbonyl (C=O) groups is 3. The van der Waals surface area contributed by atoms with Gasteiger partial charge in [0.1, 0.15) is 6.54 Å². The van der Waals surface area contributed by atoms with Crippen molar-refractivity contribution in [3.63, 3.8) is 0 Å². The standard InChI is InChI=1S/C11H12BrN3O4/c12-6-2-1-3-7(10(6)11(13)19)14-4-8(16)15-5-9(17)18/h1-3,14H,4-5H2,(H2,13,19)(H,15,16)(H,17,18). The van der Waals surface area contributed by atoms with Gasteiger partial charge in [-0.15, -0.1) is 0 Å². The number of nitrogens with two attached hydrogens (primary N) is 1. The Kier molecular flexibility index (Phi) is 5.31. The summed E-state index contributed by atoms with van der Waals surface area (Å²) in [6, 6.07) is 4.92. The highest BCUT2D eigenvalue weighted by molar-refractivity contribution is 9.10. The average molecular weight is 330 g/mol. The third-order valence-electron chi connectivity index (χ3n) is 2.14. The fourth-order valence-corrected chi connectivity index (χ4v) is 1.90. The van der Waals surface area contributed by atoms with E-state index < -0.39 is 24.3 Å². The molecule has 0 atom stereocenters. The summed E-state index contributed by atoms with van der Waals surface area (Å²) in [6.07, 6.45) is 0. The minimum absolute atomic E-state index is 0.163. The first-order valence-electron chi connectivity index (χ1n) is 5.22. The van der Waals surface area contributed by atoms with Gasteiger partial charge in [-0.3, -0.25) is 14.4 Å². The second-order valence-electron chi connectivity index (χ2n) is 3.55. The molecule has 2 amide bonds. The zero-order valence-corrected chi connectivity index (χ0v) is 11.4. The molecule has 0 heterocycles. The molecule has 1 aromatic rings. The number of carboxylic acid groups (broad SMARTS) is 1. The lowest BCUT2D eigenvalue weighted by Gasteiger charge is -2.11. The van der Waals surface area contributed by atoms with E-state index in [1.165, 1.54) is 0 Å². The van der Waals surface area contributed by atoms with Crippen molar-refractivity contribution >= 4 is 39.4 Å². The van der Waals surface area contributed by atoms with Crippen molar-refractivity contribution in [3.05, 3.63) is 28.2 Å². The predicted molar refractivity (Wildman–Crippen MR) is 71.8 cm³/mol. The monoisotopic (exact) mass is 329 g/mol. The summed E-state index contributed by atoms with van der Waals surface area (Å²) in [5.74, 6) is -2.27. The predicted octanol–water partition coefficient (Wildman–Crippen LogP) is 0.161. The molecule has 1 aromatic carbocycles. The Hall–Kier alpha value is -2.09. The van der Waals surface area contributed by atoms with Crippen LogP contribution in [0.4, 0.5) is 5.69 Å². The molecule has 0 unspecified atom stereocenters. The van der Waals surface area contributed by atoms with Crippen molar-refractivity contribution in [1.29, 1.82) is 0 Å². The fraction of sp³-hybridized carbons (Fsp3) is 0.182. The van der Waals surface area contributed by atoms with Crippen LogP contribution in [-0.2, 0) is 9.59 Å². The fourth-order valence-electron chi connectivity index (χ4n) is 1.33. The van der Waals surface area contributed by atoms with E-state index in [0.717, 1.165) is 0 Å². The molecule has 0 saturated heterocycles. The number of aliphatic carboxylic acids is 1. The molecular formula is C11H12BrN3O4. The quantitative estimate of drug-likeness (QED) is 0.592. The Morgan fingerprint density at radius 2 is 1.95 bits per heavy atom. The molecule has 0 aliphatic carbocycles. The van der Waals surface area contributed by atoms with Crippen molar-refractivity contribution < 1.29 is 19.5 Å². The van der Waals surface area contributed by atoms with Crippen LogP contribution in [0, 0.1) is 0 Å². The first-order chi connectivity index (χ1) is 8.91. The van der Waals surface area contributed by atoms with Crippen LogP contribution in [0.15, 0.2) is 22.7 Å². The Labute approximate surface area is 117 Å². The van der Waals surface area contributed by atoms with Gasteiger partial charge in [-0.1, -0.05) is 6.07 Å². The van der Waals surface area contributed by atoms with E-state index in [4.69, 9.17) is 10.8 Å². The first-order valence-corrected chi connectivity index (χ1v) is 6.01. The summed E-state index contributed by atoms with van der Waals surface area (Å²) in [4.78, 5) is 32.9. The Morgan fingerprint density at radius 1 is 1.26 bits per heavy atom. The number of nitrogens with one attached hydrogen (secondary N) is 2. The largest absolute Gasteiger partial charge is 0.480 e. The number of amides is 2. The third kappa shape index (κ3) is 4.59. The van der Waals surface area contributed by atoms with Gasteiger partial charge < -0.3 is 21.5 Å². The molecule has 0 aliphatic heterocycles. The highest BCUT2D eigenvalue weighted by Gasteiger charge is 2.12. The molecule has 19 heavy (non-hydrogen) atoms. The number of halogens is 1. The molecular weight excluding hydrogens is 318 g/mol. The minimum Gasteiger partial charge on any atom is -0.480 e. The number of primary amides is 1. The SMILES string of the molecule is NC(=O)c1c(Br)cccc1NCC(=O)NCC(=O)O. The van der Waals surface area contributed by atoms with Crippen LogP contribution in [0.25, 0.3) is 0 Å². The second-order valence-corrected chi connectivity index (χ2v) is 4.41. The van der Waals surface area contributed by atoms with Gasteiger partial charge >= 0.3 is 5.97 Å². The van der Waals surface area contributed by atoms with Gasteiger partial charge in [0.25, 0.3) is 5.91 Å². The van der Waals surface area contributed by atoms with Crippen LogP contribution in [0.1, 0.15) is 10.4 Å². The van der Waals surface area contributed by atoms with Gasteiger partial charge in [0.2, 0.25) is 5.91 Å². The zero-order chi connectivity index (χ0) is 14.4. The third-order valence-corrected chi connectivity index (χ3v) is 2.80. The first kappa shape index (κ1) is 15.0. The highest BCUT2D eigenvalue weighted by Crippen LogP contribution is 2.23. The average Bonchev–Trinajstić information content (AvgIpc) is 2.33. The van der Waals surface area contributed by atoms with E-state index in [9.17, 15) is 14.4 Å². The number of carboxylic acids is 1. The molecule has 0 aliphatic rings. The lowest BCUT2D eigenvalue weighted by Crippen LogP contribution is -2.34. The van der Waals surface area contributed by atoms with Crippen molar-refractivity contribution in [3.8, 4) is 0 Å². The van der Waals surface area contributed by atoms with E-state index in [2.05, 4.69) is 26.6 Å². The maximum absolute atomic E-state index is 11.3. The van der Waals surface area contributed by atoms with Crippen LogP contribution in [0.5, 0.6) is 0 Å². The maximum atomic E-state index is 11.3. The van der Waals surface area contributed by atoms with E-state index in [0.29, 0.717) is 10.2 Å². The summed E-state index contributed by atoms with van der Waals surface area (Å²) >= 11 is 3.19. The molecule has 0 fully saturated rings. The molecule has 0 spiro atoms. The summed E-state index contributed by atoms with van der Waals surface area (Å²) < 4.78 is 0.510. The molecule has 0 radical (unpaired) electrons. The molecule has 8 heteroatoms. The smallest absolute Gasteiger partial charge is 0.322 e. The van der Waals surface area contributed by atoms with Gasteiger partial charge in [-0.05, 0) is 28.1 Å². The normalized spacial score (nSPS) is 9.74. The molecule has 5 N–H and O–H groups in total. The van der Waals surface area contributed by atoms with Gasteiger partial charge in [0.05, 0.1) is 12.1 Å². The molecule has 0 saturated carbocycles. The van der Waals surface area contributed by atoms with Gasteiger partial charge in [-0.25, -0.2) is 0 Å². The Bertz CT molecular complexity index is 519. The van der Waals surface area contributed by atoms with E-state index in [-0.39, 0.29) is 12.1 Å². The van der Waals surface area contributed by atoms with Crippen molar-refractivity contribution in [2.24, 2.45) is 5.73 Å². The molecule has 102 valence electrons. The minimum atomic E-state index is -1.13. The number of hydrogen-bond acceptors (Lipinski definition) is 4. The van der Waals surface area contributed by atoms with Gasteiger partial charge in [-0.2, -0.15) is 0 Å². The highest BCUT2D eigenvalue weighted by atomic mass is 79.9. The van der Waals surface area contributed by atoms with Gasteiger partial charge in [0, 0.05) is 10.2 Å². The number of rotatable bonds is 6. The number of carbonyl (C=O) groups excluding carboxylic acids is 2. The molecule has 0 bridgehead atoms. The number of anilines is 1. The molecule has 0 aromatic heterocycles. The zero-order valence-electron chi connectivity index (χ0n) is 9.77. The van der Waals surface area contributed by atoms with Crippen molar-refractivity contribution in [2.75, 3.05) is 18.4 Å². The lowest BCUT2D eigenvalue weighted by molar-refractivity contribution is -0.137. The van der Waals surface area contributed by atoms with E-state index in [1.807, 2.05) is 0 Å². The van der Waals surface area contributed by atoms with E-state index >= 15 is 0 Å². The molecule has 7 nitrogen and oxygen atoms in total. The summed E-state index contributed by atoms with van der Waals surface area (Å²) in [6.45, 7) is -0.619. The van der Waals surface area contributed by atoms with Crippen LogP contribution in [0.3, 0.4) is 0 Å². The van der Waals surface area contributed by atoms with Crippen molar-refractivity contribution in [2.45, 2.75) is 0 Å². The number of hydrogen-bond donors (Lipinski definition) is 4. The van der Waals surface area contributed by atoms with Crippen LogP contribution >= 0.6 is 15.9 Å². The van der Waals surface area contributed by atoms with Crippen LogP contribution < -0.4 is 16.4 Å². The summed E-state index contributed by atoms with van der Waals surface area (Å²) in [5, 5.41) is 13.3. The number of benzene rings is 1.